The summed E-state index contributed by atoms with van der Waals surface area (Å²) in [6.45, 7) is 0. The van der Waals surface area contributed by atoms with Crippen molar-refractivity contribution in [3.63, 3.8) is 0 Å². The Bertz CT molecular complexity index is 613. The maximum absolute atomic E-state index is 13.6. The van der Waals surface area contributed by atoms with E-state index >= 15 is 0 Å². The molecule has 0 fully saturated rings. The Morgan fingerprint density at radius 2 is 1.95 bits per heavy atom. The number of hydrogen-bond donors (Lipinski definition) is 1. The Labute approximate surface area is 107 Å². The second-order valence-electron chi connectivity index (χ2n) is 3.89. The van der Waals surface area contributed by atoms with Crippen LogP contribution in [0.5, 0.6) is 5.75 Å². The van der Waals surface area contributed by atoms with Crippen molar-refractivity contribution in [1.29, 1.82) is 0 Å². The number of nitrogens with zero attached hydrogens (tertiary/aromatic N) is 2. The van der Waals surface area contributed by atoms with Gasteiger partial charge in [-0.1, -0.05) is 0 Å². The topological polar surface area (TPSA) is 47.3 Å². The van der Waals surface area contributed by atoms with Crippen LogP contribution in [0.3, 0.4) is 0 Å². The summed E-state index contributed by atoms with van der Waals surface area (Å²) < 4.78 is 45.9. The molecule has 0 bridgehead atoms. The molecule has 1 atom stereocenters. The normalized spacial score (nSPS) is 12.5. The highest BCUT2D eigenvalue weighted by atomic mass is 19.2. The first-order chi connectivity index (χ1) is 8.97. The highest BCUT2D eigenvalue weighted by Crippen LogP contribution is 2.31. The molecule has 102 valence electrons. The van der Waals surface area contributed by atoms with Crippen LogP contribution in [0.2, 0.25) is 0 Å². The summed E-state index contributed by atoms with van der Waals surface area (Å²) in [4.78, 5) is 0. The predicted octanol–water partition coefficient (Wildman–Crippen LogP) is 1.93. The van der Waals surface area contributed by atoms with E-state index < -0.39 is 23.6 Å². The minimum absolute atomic E-state index is 0.146. The number of methoxy groups -OCH3 is 1. The third-order valence-corrected chi connectivity index (χ3v) is 2.79. The molecule has 4 nitrogen and oxygen atoms in total. The van der Waals surface area contributed by atoms with E-state index in [1.165, 1.54) is 25.0 Å². The van der Waals surface area contributed by atoms with Gasteiger partial charge in [0.1, 0.15) is 11.8 Å². The maximum atomic E-state index is 13.6. The van der Waals surface area contributed by atoms with Gasteiger partial charge in [0.25, 0.3) is 0 Å². The summed E-state index contributed by atoms with van der Waals surface area (Å²) in [6, 6.07) is 1.73. The third-order valence-electron chi connectivity index (χ3n) is 2.79. The highest BCUT2D eigenvalue weighted by molar-refractivity contribution is 5.35. The number of halogens is 3. The van der Waals surface area contributed by atoms with Gasteiger partial charge < -0.3 is 9.84 Å². The van der Waals surface area contributed by atoms with Crippen LogP contribution in [0.25, 0.3) is 0 Å². The van der Waals surface area contributed by atoms with E-state index in [4.69, 9.17) is 4.74 Å². The lowest BCUT2D eigenvalue weighted by Gasteiger charge is -2.14. The number of hydrogen-bond acceptors (Lipinski definition) is 3. The molecule has 19 heavy (non-hydrogen) atoms. The average molecular weight is 272 g/mol. The first-order valence-corrected chi connectivity index (χ1v) is 5.34. The van der Waals surface area contributed by atoms with E-state index in [2.05, 4.69) is 5.10 Å². The van der Waals surface area contributed by atoms with E-state index in [9.17, 15) is 18.3 Å². The van der Waals surface area contributed by atoms with Crippen molar-refractivity contribution in [1.82, 2.24) is 9.78 Å². The van der Waals surface area contributed by atoms with Crippen molar-refractivity contribution >= 4 is 0 Å². The van der Waals surface area contributed by atoms with Gasteiger partial charge >= 0.3 is 0 Å². The van der Waals surface area contributed by atoms with E-state index in [-0.39, 0.29) is 17.0 Å². The van der Waals surface area contributed by atoms with Gasteiger partial charge in [0.05, 0.1) is 13.3 Å². The number of benzene rings is 1. The van der Waals surface area contributed by atoms with E-state index in [1.54, 1.807) is 0 Å². The monoisotopic (exact) mass is 272 g/mol. The average Bonchev–Trinajstić information content (AvgIpc) is 2.76. The van der Waals surface area contributed by atoms with Crippen LogP contribution in [0, 0.1) is 17.5 Å². The fraction of sp³-hybridized carbons (Fsp3) is 0.250. The smallest absolute Gasteiger partial charge is 0.194 e. The quantitative estimate of drug-likeness (QED) is 0.868. The van der Waals surface area contributed by atoms with Crippen molar-refractivity contribution in [3.05, 3.63) is 47.0 Å². The van der Waals surface area contributed by atoms with Gasteiger partial charge in [-0.3, -0.25) is 4.68 Å². The van der Waals surface area contributed by atoms with Crippen LogP contribution in [0.15, 0.2) is 18.3 Å². The number of ether oxygens (including phenoxy) is 1. The lowest BCUT2D eigenvalue weighted by molar-refractivity contribution is 0.197. The molecule has 1 aromatic heterocycles. The second kappa shape index (κ2) is 4.93. The molecule has 1 heterocycles. The lowest BCUT2D eigenvalue weighted by atomic mass is 10.0. The largest absolute Gasteiger partial charge is 0.493 e. The molecule has 1 N–H and O–H groups in total. The van der Waals surface area contributed by atoms with Crippen molar-refractivity contribution in [2.75, 3.05) is 7.11 Å². The summed E-state index contributed by atoms with van der Waals surface area (Å²) in [7, 11) is 2.87. The summed E-state index contributed by atoms with van der Waals surface area (Å²) in [5, 5.41) is 13.9. The molecule has 2 aromatic rings. The summed E-state index contributed by atoms with van der Waals surface area (Å²) in [5.41, 5.74) is -0.242. The molecular formula is C12H11F3N2O2. The molecule has 0 spiro atoms. The Morgan fingerprint density at radius 3 is 2.58 bits per heavy atom. The molecule has 0 saturated heterocycles. The van der Waals surface area contributed by atoms with Crippen LogP contribution in [0.4, 0.5) is 13.2 Å². The first-order valence-electron chi connectivity index (χ1n) is 5.34. The number of aliphatic hydroxyl groups is 1. The molecule has 2 rings (SSSR count). The summed E-state index contributed by atoms with van der Waals surface area (Å²) >= 11 is 0. The van der Waals surface area contributed by atoms with Crippen LogP contribution in [-0.2, 0) is 7.05 Å². The number of aliphatic hydroxyl groups excluding tert-OH is 1. The van der Waals surface area contributed by atoms with Gasteiger partial charge in [-0.25, -0.2) is 13.2 Å². The number of rotatable bonds is 3. The zero-order valence-electron chi connectivity index (χ0n) is 10.2. The number of aromatic nitrogens is 2. The van der Waals surface area contributed by atoms with E-state index in [0.29, 0.717) is 0 Å². The van der Waals surface area contributed by atoms with Crippen molar-refractivity contribution < 1.29 is 23.0 Å². The van der Waals surface area contributed by atoms with Crippen LogP contribution >= 0.6 is 0 Å². The molecule has 0 aliphatic rings. The molecule has 0 aliphatic carbocycles. The van der Waals surface area contributed by atoms with Crippen LogP contribution < -0.4 is 4.74 Å². The van der Waals surface area contributed by atoms with Crippen molar-refractivity contribution in [2.45, 2.75) is 6.10 Å². The third kappa shape index (κ3) is 2.17. The van der Waals surface area contributed by atoms with Gasteiger partial charge in [0.15, 0.2) is 23.2 Å². The van der Waals surface area contributed by atoms with Crippen molar-refractivity contribution in [3.8, 4) is 5.75 Å². The number of aryl methyl sites for hydroxylation is 1. The fourth-order valence-corrected chi connectivity index (χ4v) is 1.80. The van der Waals surface area contributed by atoms with E-state index in [1.807, 2.05) is 0 Å². The Hall–Kier alpha value is -2.02. The minimum atomic E-state index is -1.63. The second-order valence-corrected chi connectivity index (χ2v) is 3.89. The Kier molecular flexibility index (Phi) is 3.48. The van der Waals surface area contributed by atoms with Gasteiger partial charge in [0.2, 0.25) is 0 Å². The van der Waals surface area contributed by atoms with Crippen LogP contribution in [0.1, 0.15) is 17.4 Å². The molecule has 0 saturated carbocycles. The molecule has 1 unspecified atom stereocenters. The molecule has 1 aromatic carbocycles. The van der Waals surface area contributed by atoms with Gasteiger partial charge in [-0.05, 0) is 12.1 Å². The van der Waals surface area contributed by atoms with Crippen LogP contribution in [-0.4, -0.2) is 22.0 Å². The zero-order chi connectivity index (χ0) is 14.2. The summed E-state index contributed by atoms with van der Waals surface area (Å²) in [5.74, 6) is -4.15. The predicted molar refractivity (Wildman–Crippen MR) is 60.1 cm³/mol. The lowest BCUT2D eigenvalue weighted by Crippen LogP contribution is -2.11. The first kappa shape index (κ1) is 13.4. The molecule has 7 heteroatoms. The molecule has 0 aliphatic heterocycles. The van der Waals surface area contributed by atoms with Gasteiger partial charge in [-0.2, -0.15) is 5.10 Å². The van der Waals surface area contributed by atoms with E-state index in [0.717, 1.165) is 12.1 Å². The maximum Gasteiger partial charge on any atom is 0.194 e. The SMILES string of the molecule is COc1cnn(C)c1C(O)c1ccc(F)c(F)c1F. The summed E-state index contributed by atoms with van der Waals surface area (Å²) in [6.07, 6.45) is -0.186. The van der Waals surface area contributed by atoms with Gasteiger partial charge in [-0.15, -0.1) is 0 Å². The highest BCUT2D eigenvalue weighted by Gasteiger charge is 2.25. The fourth-order valence-electron chi connectivity index (χ4n) is 1.80. The van der Waals surface area contributed by atoms with Crippen molar-refractivity contribution in [2.24, 2.45) is 7.05 Å². The Morgan fingerprint density at radius 1 is 1.26 bits per heavy atom. The van der Waals surface area contributed by atoms with Gasteiger partial charge in [0, 0.05) is 12.6 Å². The minimum Gasteiger partial charge on any atom is -0.493 e. The molecular weight excluding hydrogens is 261 g/mol. The standard InChI is InChI=1S/C12H11F3N2O2/c1-17-11(8(19-2)5-16-17)12(18)6-3-4-7(13)10(15)9(6)14/h3-5,12,18H,1-2H3. The Balaban J connectivity index is 2.53. The molecule has 0 amide bonds. The zero-order valence-corrected chi connectivity index (χ0v) is 10.2. The molecule has 0 radical (unpaired) electrons.